The third kappa shape index (κ3) is 3.41. The zero-order valence-corrected chi connectivity index (χ0v) is 12.9. The molecule has 0 fully saturated rings. The second-order valence-corrected chi connectivity index (χ2v) is 6.08. The summed E-state index contributed by atoms with van der Waals surface area (Å²) in [5, 5.41) is 9.52. The number of fused-ring (bicyclic) bond motifs is 1. The van der Waals surface area contributed by atoms with Crippen LogP contribution in [0.2, 0.25) is 5.02 Å². The molecule has 3 aromatic rings. The number of aliphatic hydroxyl groups is 1. The Morgan fingerprint density at radius 1 is 1.17 bits per heavy atom. The highest BCUT2D eigenvalue weighted by Crippen LogP contribution is 2.38. The van der Waals surface area contributed by atoms with Gasteiger partial charge < -0.3 is 9.84 Å². The van der Waals surface area contributed by atoms with Gasteiger partial charge in [0.05, 0.1) is 15.2 Å². The average Bonchev–Trinajstić information content (AvgIpc) is 2.90. The molecule has 0 amide bonds. The fraction of sp³-hybridized carbons (Fsp3) is 0.133. The highest BCUT2D eigenvalue weighted by molar-refractivity contribution is 7.20. The summed E-state index contributed by atoms with van der Waals surface area (Å²) in [5.41, 5.74) is 0.409. The molecule has 2 aromatic carbocycles. The predicted octanol–water partition coefficient (Wildman–Crippen LogP) is 5.34. The van der Waals surface area contributed by atoms with Crippen LogP contribution in [0.1, 0.15) is 11.7 Å². The molecule has 3 rings (SSSR count). The molecule has 0 bridgehead atoms. The number of para-hydroxylation sites is 1. The van der Waals surface area contributed by atoms with E-state index in [0.717, 1.165) is 22.3 Å². The van der Waals surface area contributed by atoms with Crippen LogP contribution >= 0.6 is 22.9 Å². The molecule has 0 aliphatic heterocycles. The van der Waals surface area contributed by atoms with Crippen LogP contribution in [0.4, 0.5) is 13.2 Å². The normalized spacial score (nSPS) is 13.3. The van der Waals surface area contributed by atoms with Gasteiger partial charge >= 0.3 is 6.18 Å². The van der Waals surface area contributed by atoms with Crippen molar-refractivity contribution < 1.29 is 23.0 Å². The van der Waals surface area contributed by atoms with E-state index in [-0.39, 0.29) is 16.3 Å². The first-order chi connectivity index (χ1) is 10.8. The predicted molar refractivity (Wildman–Crippen MR) is 82.2 cm³/mol. The van der Waals surface area contributed by atoms with Crippen LogP contribution in [0.5, 0.6) is 10.9 Å². The number of ether oxygens (including phenoxy) is 1. The molecule has 0 saturated heterocycles. The van der Waals surface area contributed by atoms with Crippen molar-refractivity contribution in [3.8, 4) is 10.9 Å². The van der Waals surface area contributed by atoms with Crippen LogP contribution in [0.3, 0.4) is 0 Å². The molecular weight excluding hydrogens is 351 g/mol. The molecule has 8 heteroatoms. The zero-order valence-electron chi connectivity index (χ0n) is 11.3. The monoisotopic (exact) mass is 359 g/mol. The molecule has 1 aromatic heterocycles. The molecule has 0 saturated carbocycles. The summed E-state index contributed by atoms with van der Waals surface area (Å²) in [7, 11) is 0. The van der Waals surface area contributed by atoms with E-state index in [0.29, 0.717) is 5.19 Å². The van der Waals surface area contributed by atoms with Gasteiger partial charge in [-0.3, -0.25) is 0 Å². The fourth-order valence-electron chi connectivity index (χ4n) is 1.95. The third-order valence-corrected chi connectivity index (χ3v) is 4.26. The largest absolute Gasteiger partial charge is 0.429 e. The number of thiazole rings is 1. The highest BCUT2D eigenvalue weighted by Gasteiger charge is 2.39. The molecule has 0 spiro atoms. The minimum atomic E-state index is -4.75. The van der Waals surface area contributed by atoms with Crippen molar-refractivity contribution in [3.63, 3.8) is 0 Å². The number of aromatic nitrogens is 1. The van der Waals surface area contributed by atoms with Gasteiger partial charge in [0.25, 0.3) is 5.19 Å². The number of hydrogen-bond donors (Lipinski definition) is 1. The molecule has 1 N–H and O–H groups in total. The molecule has 1 unspecified atom stereocenters. The van der Waals surface area contributed by atoms with Gasteiger partial charge in [0, 0.05) is 0 Å². The third-order valence-electron chi connectivity index (χ3n) is 3.05. The SMILES string of the molecule is OC(c1ccc(Oc2nc3ccccc3s2)c(Cl)c1)C(F)(F)F. The van der Waals surface area contributed by atoms with Crippen molar-refractivity contribution in [3.05, 3.63) is 53.1 Å². The van der Waals surface area contributed by atoms with Gasteiger partial charge in [-0.15, -0.1) is 0 Å². The van der Waals surface area contributed by atoms with E-state index in [4.69, 9.17) is 16.3 Å². The Kier molecular flexibility index (Phi) is 4.18. The topological polar surface area (TPSA) is 42.4 Å². The lowest BCUT2D eigenvalue weighted by Gasteiger charge is -2.15. The second kappa shape index (κ2) is 5.99. The summed E-state index contributed by atoms with van der Waals surface area (Å²) in [6, 6.07) is 10.8. The Hall–Kier alpha value is -1.83. The average molecular weight is 360 g/mol. The van der Waals surface area contributed by atoms with E-state index in [1.165, 1.54) is 17.4 Å². The van der Waals surface area contributed by atoms with Gasteiger partial charge in [-0.1, -0.05) is 41.1 Å². The molecule has 23 heavy (non-hydrogen) atoms. The number of benzene rings is 2. The molecule has 3 nitrogen and oxygen atoms in total. The highest BCUT2D eigenvalue weighted by atomic mass is 35.5. The Labute approximate surface area is 137 Å². The molecule has 0 radical (unpaired) electrons. The van der Waals surface area contributed by atoms with Crippen molar-refractivity contribution >= 4 is 33.2 Å². The van der Waals surface area contributed by atoms with Crippen molar-refractivity contribution in [2.45, 2.75) is 12.3 Å². The van der Waals surface area contributed by atoms with Crippen LogP contribution in [-0.4, -0.2) is 16.3 Å². The number of hydrogen-bond acceptors (Lipinski definition) is 4. The minimum absolute atomic E-state index is 0.0370. The van der Waals surface area contributed by atoms with E-state index in [9.17, 15) is 18.3 Å². The van der Waals surface area contributed by atoms with Crippen molar-refractivity contribution in [2.24, 2.45) is 0 Å². The Morgan fingerprint density at radius 2 is 1.91 bits per heavy atom. The number of halogens is 4. The van der Waals surface area contributed by atoms with Crippen LogP contribution in [0.25, 0.3) is 10.2 Å². The van der Waals surface area contributed by atoms with Gasteiger partial charge in [-0.2, -0.15) is 13.2 Å². The van der Waals surface area contributed by atoms with Gasteiger partial charge in [-0.05, 0) is 29.8 Å². The maximum Gasteiger partial charge on any atom is 0.418 e. The molecule has 1 atom stereocenters. The Morgan fingerprint density at radius 3 is 2.57 bits per heavy atom. The smallest absolute Gasteiger partial charge is 0.418 e. The van der Waals surface area contributed by atoms with E-state index in [1.807, 2.05) is 24.3 Å². The van der Waals surface area contributed by atoms with Crippen LogP contribution in [0.15, 0.2) is 42.5 Å². The van der Waals surface area contributed by atoms with Crippen LogP contribution in [0, 0.1) is 0 Å². The van der Waals surface area contributed by atoms with Crippen molar-refractivity contribution in [1.29, 1.82) is 0 Å². The molecule has 0 aliphatic carbocycles. The summed E-state index contributed by atoms with van der Waals surface area (Å²) in [6.45, 7) is 0. The van der Waals surface area contributed by atoms with Crippen LogP contribution in [-0.2, 0) is 0 Å². The lowest BCUT2D eigenvalue weighted by Crippen LogP contribution is -2.20. The fourth-order valence-corrected chi connectivity index (χ4v) is 3.00. The molecule has 1 heterocycles. The first-order valence-electron chi connectivity index (χ1n) is 6.42. The summed E-state index contributed by atoms with van der Waals surface area (Å²) in [5.74, 6) is 0.170. The van der Waals surface area contributed by atoms with Gasteiger partial charge in [0.15, 0.2) is 6.10 Å². The summed E-state index contributed by atoms with van der Waals surface area (Å²) in [4.78, 5) is 4.25. The Balaban J connectivity index is 1.86. The standard InChI is InChI=1S/C15H9ClF3NO2S/c16-9-7-8(13(21)15(17,18)19)5-6-11(9)22-14-20-10-3-1-2-4-12(10)23-14/h1-7,13,21H. The first kappa shape index (κ1) is 16.0. The van der Waals surface area contributed by atoms with E-state index >= 15 is 0 Å². The molecule has 120 valence electrons. The molecule has 0 aliphatic rings. The van der Waals surface area contributed by atoms with Crippen molar-refractivity contribution in [2.75, 3.05) is 0 Å². The summed E-state index contributed by atoms with van der Waals surface area (Å²) in [6.07, 6.45) is -7.34. The maximum atomic E-state index is 12.5. The number of alkyl halides is 3. The lowest BCUT2D eigenvalue weighted by molar-refractivity contribution is -0.206. The number of nitrogens with zero attached hydrogens (tertiary/aromatic N) is 1. The maximum absolute atomic E-state index is 12.5. The molecular formula is C15H9ClF3NO2S. The summed E-state index contributed by atoms with van der Waals surface area (Å²) < 4.78 is 43.9. The minimum Gasteiger partial charge on any atom is -0.429 e. The Bertz CT molecular complexity index is 817. The van der Waals surface area contributed by atoms with E-state index < -0.39 is 12.3 Å². The number of aliphatic hydroxyl groups excluding tert-OH is 1. The van der Waals surface area contributed by atoms with Gasteiger partial charge in [0.1, 0.15) is 5.75 Å². The summed E-state index contributed by atoms with van der Waals surface area (Å²) >= 11 is 7.24. The van der Waals surface area contributed by atoms with E-state index in [1.54, 1.807) is 0 Å². The van der Waals surface area contributed by atoms with Gasteiger partial charge in [0.2, 0.25) is 0 Å². The van der Waals surface area contributed by atoms with E-state index in [2.05, 4.69) is 4.98 Å². The second-order valence-electron chi connectivity index (χ2n) is 4.68. The quantitative estimate of drug-likeness (QED) is 0.686. The van der Waals surface area contributed by atoms with Crippen LogP contribution < -0.4 is 4.74 Å². The zero-order chi connectivity index (χ0) is 16.6. The lowest BCUT2D eigenvalue weighted by atomic mass is 10.1. The number of rotatable bonds is 3. The van der Waals surface area contributed by atoms with Gasteiger partial charge in [-0.25, -0.2) is 4.98 Å². The first-order valence-corrected chi connectivity index (χ1v) is 7.62. The van der Waals surface area contributed by atoms with Crippen molar-refractivity contribution in [1.82, 2.24) is 4.98 Å².